The van der Waals surface area contributed by atoms with E-state index in [9.17, 15) is 9.59 Å². The van der Waals surface area contributed by atoms with Crippen molar-refractivity contribution in [2.24, 2.45) is 11.8 Å². The summed E-state index contributed by atoms with van der Waals surface area (Å²) in [6.45, 7) is 2.15. The number of amides is 2. The van der Waals surface area contributed by atoms with Gasteiger partial charge in [-0.1, -0.05) is 65.3 Å². The van der Waals surface area contributed by atoms with Crippen molar-refractivity contribution in [3.05, 3.63) is 99.0 Å². The van der Waals surface area contributed by atoms with E-state index in [1.165, 1.54) is 32.7 Å². The zero-order valence-electron chi connectivity index (χ0n) is 16.5. The van der Waals surface area contributed by atoms with Crippen LogP contribution in [0.15, 0.2) is 71.2 Å². The maximum Gasteiger partial charge on any atom is 0.238 e. The Morgan fingerprint density at radius 2 is 1.33 bits per heavy atom. The Hall–Kier alpha value is -2.72. The van der Waals surface area contributed by atoms with Crippen LogP contribution in [0.4, 0.5) is 5.69 Å². The summed E-state index contributed by atoms with van der Waals surface area (Å²) in [4.78, 5) is 28.8. The Balaban J connectivity index is 1.56. The maximum absolute atomic E-state index is 13.7. The van der Waals surface area contributed by atoms with Gasteiger partial charge in [0.2, 0.25) is 11.8 Å². The molecular weight excluding hydrogens is 438 g/mol. The van der Waals surface area contributed by atoms with Crippen LogP contribution in [0, 0.1) is 11.8 Å². The predicted molar refractivity (Wildman–Crippen MR) is 120 cm³/mol. The molecule has 1 fully saturated rings. The van der Waals surface area contributed by atoms with Crippen LogP contribution in [0.3, 0.4) is 0 Å². The summed E-state index contributed by atoms with van der Waals surface area (Å²) in [5.74, 6) is -0.920. The van der Waals surface area contributed by atoms with Crippen LogP contribution in [0.25, 0.3) is 0 Å². The van der Waals surface area contributed by atoms with Gasteiger partial charge in [0.1, 0.15) is 0 Å². The first kappa shape index (κ1) is 18.1. The van der Waals surface area contributed by atoms with E-state index in [1.807, 2.05) is 36.4 Å². The Labute approximate surface area is 183 Å². The lowest BCUT2D eigenvalue weighted by Crippen LogP contribution is -2.41. The highest BCUT2D eigenvalue weighted by Crippen LogP contribution is 2.61. The van der Waals surface area contributed by atoms with E-state index in [0.29, 0.717) is 5.69 Å². The quantitative estimate of drug-likeness (QED) is 0.482. The number of anilines is 1. The number of hydrogen-bond acceptors (Lipinski definition) is 2. The van der Waals surface area contributed by atoms with Crippen LogP contribution in [-0.2, 0) is 16.0 Å². The molecular formula is C26H20BrNO2. The van der Waals surface area contributed by atoms with Crippen molar-refractivity contribution < 1.29 is 9.59 Å². The predicted octanol–water partition coefficient (Wildman–Crippen LogP) is 5.41. The van der Waals surface area contributed by atoms with Gasteiger partial charge >= 0.3 is 0 Å². The summed E-state index contributed by atoms with van der Waals surface area (Å²) in [5, 5.41) is 0. The summed E-state index contributed by atoms with van der Waals surface area (Å²) in [6.07, 6.45) is 0.957. The molecule has 1 saturated heterocycles. The summed E-state index contributed by atoms with van der Waals surface area (Å²) in [5.41, 5.74) is 6.80. The number of hydrogen-bond donors (Lipinski definition) is 0. The highest BCUT2D eigenvalue weighted by atomic mass is 79.9. The molecule has 30 heavy (non-hydrogen) atoms. The number of nitrogens with zero attached hydrogens (tertiary/aromatic N) is 1. The number of carbonyl (C=O) groups is 2. The number of halogens is 1. The molecule has 3 aromatic rings. The van der Waals surface area contributed by atoms with Crippen LogP contribution >= 0.6 is 15.9 Å². The lowest BCUT2D eigenvalue weighted by atomic mass is 9.55. The number of imide groups is 1. The molecule has 148 valence electrons. The van der Waals surface area contributed by atoms with Crippen molar-refractivity contribution in [2.45, 2.75) is 25.2 Å². The molecule has 7 rings (SSSR count). The lowest BCUT2D eigenvalue weighted by Gasteiger charge is -2.46. The van der Waals surface area contributed by atoms with Crippen LogP contribution in [0.5, 0.6) is 0 Å². The Morgan fingerprint density at radius 1 is 0.767 bits per heavy atom. The first-order chi connectivity index (χ1) is 14.6. The van der Waals surface area contributed by atoms with Crippen molar-refractivity contribution in [3.8, 4) is 0 Å². The van der Waals surface area contributed by atoms with Gasteiger partial charge in [-0.15, -0.1) is 0 Å². The van der Waals surface area contributed by atoms with Gasteiger partial charge in [0.25, 0.3) is 0 Å². The second-order valence-corrected chi connectivity index (χ2v) is 9.36. The Kier molecular flexibility index (Phi) is 3.85. The Morgan fingerprint density at radius 3 is 1.93 bits per heavy atom. The SMILES string of the molecule is CCc1ccc2c(c1)C1c3ccccc3C2C2C(=O)N(c3ccc(Br)cc3)C(=O)C12. The van der Waals surface area contributed by atoms with Crippen molar-refractivity contribution in [1.29, 1.82) is 0 Å². The van der Waals surface area contributed by atoms with Gasteiger partial charge in [0.15, 0.2) is 0 Å². The minimum Gasteiger partial charge on any atom is -0.274 e. The van der Waals surface area contributed by atoms with E-state index in [4.69, 9.17) is 0 Å². The van der Waals surface area contributed by atoms with Gasteiger partial charge in [-0.25, -0.2) is 4.90 Å². The first-order valence-corrected chi connectivity index (χ1v) is 11.2. The molecule has 4 atom stereocenters. The second kappa shape index (κ2) is 6.39. The van der Waals surface area contributed by atoms with Crippen LogP contribution in [-0.4, -0.2) is 11.8 Å². The minimum absolute atomic E-state index is 0.0606. The molecule has 3 aliphatic carbocycles. The smallest absolute Gasteiger partial charge is 0.238 e. The van der Waals surface area contributed by atoms with E-state index >= 15 is 0 Å². The van der Waals surface area contributed by atoms with Crippen LogP contribution in [0.1, 0.15) is 46.6 Å². The van der Waals surface area contributed by atoms with E-state index in [1.54, 1.807) is 0 Å². The number of carbonyl (C=O) groups excluding carboxylic acids is 2. The van der Waals surface area contributed by atoms with Gasteiger partial charge < -0.3 is 0 Å². The molecule has 0 aromatic heterocycles. The van der Waals surface area contributed by atoms with Gasteiger partial charge in [-0.3, -0.25) is 9.59 Å². The second-order valence-electron chi connectivity index (χ2n) is 8.44. The van der Waals surface area contributed by atoms with E-state index in [-0.39, 0.29) is 35.5 Å². The fourth-order valence-corrected chi connectivity index (χ4v) is 6.11. The van der Waals surface area contributed by atoms with Crippen LogP contribution < -0.4 is 4.90 Å². The molecule has 4 heteroatoms. The van der Waals surface area contributed by atoms with Crippen molar-refractivity contribution >= 4 is 33.4 Å². The number of aryl methyl sites for hydroxylation is 1. The third kappa shape index (κ3) is 2.26. The molecule has 1 aliphatic heterocycles. The molecule has 0 N–H and O–H groups in total. The van der Waals surface area contributed by atoms with Gasteiger partial charge in [0, 0.05) is 16.3 Å². The normalized spacial score (nSPS) is 25.9. The van der Waals surface area contributed by atoms with Crippen LogP contribution in [0.2, 0.25) is 0 Å². The third-order valence-corrected chi connectivity index (χ3v) is 7.63. The topological polar surface area (TPSA) is 37.4 Å². The maximum atomic E-state index is 13.7. The Bertz CT molecular complexity index is 1220. The summed E-state index contributed by atoms with van der Waals surface area (Å²) in [6, 6.07) is 22.4. The molecule has 4 aliphatic rings. The van der Waals surface area contributed by atoms with Crippen molar-refractivity contribution in [3.63, 3.8) is 0 Å². The molecule has 3 aromatic carbocycles. The molecule has 3 nitrogen and oxygen atoms in total. The number of benzene rings is 3. The standard InChI is InChI=1S/C26H20BrNO2/c1-2-14-7-12-19-20(13-14)22-18-6-4-3-5-17(18)21(19)23-24(22)26(30)28(25(23)29)16-10-8-15(27)9-11-16/h3-13,21-24H,2H2,1H3. The fraction of sp³-hybridized carbons (Fsp3) is 0.231. The first-order valence-electron chi connectivity index (χ1n) is 10.4. The monoisotopic (exact) mass is 457 g/mol. The van der Waals surface area contributed by atoms with Gasteiger partial charge in [-0.2, -0.15) is 0 Å². The van der Waals surface area contributed by atoms with Gasteiger partial charge in [0.05, 0.1) is 17.5 Å². The summed E-state index contributed by atoms with van der Waals surface area (Å²) >= 11 is 3.44. The molecule has 1 heterocycles. The average Bonchev–Trinajstić information content (AvgIpc) is 3.05. The van der Waals surface area contributed by atoms with E-state index in [2.05, 4.69) is 53.2 Å². The average molecular weight is 458 g/mol. The third-order valence-electron chi connectivity index (χ3n) is 7.10. The summed E-state index contributed by atoms with van der Waals surface area (Å²) < 4.78 is 0.926. The lowest BCUT2D eigenvalue weighted by molar-refractivity contribution is -0.122. The molecule has 0 radical (unpaired) electrons. The van der Waals surface area contributed by atoms with Crippen molar-refractivity contribution in [2.75, 3.05) is 4.90 Å². The molecule has 4 unspecified atom stereocenters. The minimum atomic E-state index is -0.333. The highest BCUT2D eigenvalue weighted by Gasteiger charge is 2.61. The molecule has 2 amide bonds. The molecule has 0 spiro atoms. The zero-order chi connectivity index (χ0) is 20.6. The number of rotatable bonds is 2. The molecule has 2 bridgehead atoms. The molecule has 0 saturated carbocycles. The van der Waals surface area contributed by atoms with E-state index in [0.717, 1.165) is 10.9 Å². The van der Waals surface area contributed by atoms with E-state index < -0.39 is 0 Å². The zero-order valence-corrected chi connectivity index (χ0v) is 18.1. The van der Waals surface area contributed by atoms with Gasteiger partial charge in [-0.05, 0) is 58.5 Å². The van der Waals surface area contributed by atoms with Crippen molar-refractivity contribution in [1.82, 2.24) is 0 Å². The highest BCUT2D eigenvalue weighted by molar-refractivity contribution is 9.10. The largest absolute Gasteiger partial charge is 0.274 e. The fourth-order valence-electron chi connectivity index (χ4n) is 5.84. The summed E-state index contributed by atoms with van der Waals surface area (Å²) in [7, 11) is 0.